The van der Waals surface area contributed by atoms with E-state index in [0.717, 1.165) is 35.7 Å². The normalized spacial score (nSPS) is 15.9. The number of benzene rings is 1. The van der Waals surface area contributed by atoms with Crippen molar-refractivity contribution in [1.29, 1.82) is 0 Å². The summed E-state index contributed by atoms with van der Waals surface area (Å²) in [6, 6.07) is 7.19. The third kappa shape index (κ3) is 6.19. The molecule has 1 aromatic carbocycles. The van der Waals surface area contributed by atoms with Gasteiger partial charge in [0.1, 0.15) is 11.4 Å². The highest BCUT2D eigenvalue weighted by molar-refractivity contribution is 5.89. The smallest absolute Gasteiger partial charge is 0.410 e. The first-order chi connectivity index (χ1) is 16.7. The van der Waals surface area contributed by atoms with E-state index < -0.39 is 5.60 Å². The number of aromatic nitrogens is 2. The van der Waals surface area contributed by atoms with E-state index in [4.69, 9.17) is 19.4 Å². The highest BCUT2D eigenvalue weighted by Crippen LogP contribution is 2.31. The van der Waals surface area contributed by atoms with Crippen molar-refractivity contribution in [3.8, 4) is 11.4 Å². The molecule has 0 aliphatic carbocycles. The number of morpholine rings is 1. The summed E-state index contributed by atoms with van der Waals surface area (Å²) in [5, 5.41) is 5.51. The zero-order valence-corrected chi connectivity index (χ0v) is 20.9. The molecular formula is C25H34N6O4. The van der Waals surface area contributed by atoms with Crippen LogP contribution in [-0.2, 0) is 22.4 Å². The fourth-order valence-electron chi connectivity index (χ4n) is 4.10. The standard InChI is InChI=1S/C25H34N6O4/c1-5-26-23(32)27-18-8-6-17(7-9-18)21-28-20-16-31(24(33)35-25(2,3)4)11-10-19(20)22(29-21)30-12-14-34-15-13-30/h6-9H,5,10-16H2,1-4H3,(H2,26,27,32). The van der Waals surface area contributed by atoms with Crippen molar-refractivity contribution in [1.82, 2.24) is 20.2 Å². The van der Waals surface area contributed by atoms with Crippen LogP contribution >= 0.6 is 0 Å². The van der Waals surface area contributed by atoms with Crippen LogP contribution in [0.25, 0.3) is 11.4 Å². The zero-order valence-electron chi connectivity index (χ0n) is 20.9. The zero-order chi connectivity index (χ0) is 25.0. The van der Waals surface area contributed by atoms with E-state index in [1.165, 1.54) is 0 Å². The SMILES string of the molecule is CCNC(=O)Nc1ccc(-c2nc3c(c(N4CCOCC4)n2)CCN(C(=O)OC(C)(C)C)C3)cc1. The molecule has 0 spiro atoms. The van der Waals surface area contributed by atoms with Gasteiger partial charge in [-0.1, -0.05) is 0 Å². The Balaban J connectivity index is 1.64. The fraction of sp³-hybridized carbons (Fsp3) is 0.520. The number of fused-ring (bicyclic) bond motifs is 1. The third-order valence-electron chi connectivity index (χ3n) is 5.74. The highest BCUT2D eigenvalue weighted by Gasteiger charge is 2.30. The van der Waals surface area contributed by atoms with Gasteiger partial charge >= 0.3 is 12.1 Å². The Labute approximate surface area is 206 Å². The number of nitrogens with zero attached hydrogens (tertiary/aromatic N) is 4. The van der Waals surface area contributed by atoms with Crippen molar-refractivity contribution in [3.63, 3.8) is 0 Å². The largest absolute Gasteiger partial charge is 0.444 e. The van der Waals surface area contributed by atoms with Crippen molar-refractivity contribution in [3.05, 3.63) is 35.5 Å². The number of amides is 3. The average molecular weight is 483 g/mol. The lowest BCUT2D eigenvalue weighted by Crippen LogP contribution is -2.42. The predicted octanol–water partition coefficient (Wildman–Crippen LogP) is 3.41. The molecule has 2 aromatic rings. The van der Waals surface area contributed by atoms with Gasteiger partial charge in [-0.2, -0.15) is 0 Å². The lowest BCUT2D eigenvalue weighted by molar-refractivity contribution is 0.0220. The minimum Gasteiger partial charge on any atom is -0.444 e. The molecule has 2 N–H and O–H groups in total. The summed E-state index contributed by atoms with van der Waals surface area (Å²) in [6.07, 6.45) is 0.328. The molecule has 2 aliphatic rings. The van der Waals surface area contributed by atoms with Crippen molar-refractivity contribution in [2.45, 2.75) is 46.3 Å². The van der Waals surface area contributed by atoms with E-state index in [1.807, 2.05) is 52.0 Å². The maximum absolute atomic E-state index is 12.7. The summed E-state index contributed by atoms with van der Waals surface area (Å²) in [4.78, 5) is 38.3. The summed E-state index contributed by atoms with van der Waals surface area (Å²) < 4.78 is 11.1. The van der Waals surface area contributed by atoms with E-state index in [2.05, 4.69) is 15.5 Å². The van der Waals surface area contributed by atoms with Gasteiger partial charge in [-0.05, 0) is 58.4 Å². The highest BCUT2D eigenvalue weighted by atomic mass is 16.6. The maximum Gasteiger partial charge on any atom is 0.410 e. The Morgan fingerprint density at radius 2 is 1.80 bits per heavy atom. The Kier molecular flexibility index (Phi) is 7.39. The molecule has 3 heterocycles. The molecule has 10 nitrogen and oxygen atoms in total. The molecule has 3 amide bonds. The van der Waals surface area contributed by atoms with Gasteiger partial charge in [0.25, 0.3) is 0 Å². The maximum atomic E-state index is 12.7. The van der Waals surface area contributed by atoms with Gasteiger partial charge in [0.05, 0.1) is 25.5 Å². The molecule has 1 fully saturated rings. The lowest BCUT2D eigenvalue weighted by atomic mass is 10.0. The predicted molar refractivity (Wildman–Crippen MR) is 134 cm³/mol. The van der Waals surface area contributed by atoms with Gasteiger partial charge in [-0.25, -0.2) is 19.6 Å². The number of carbonyl (C=O) groups is 2. The molecule has 10 heteroatoms. The Morgan fingerprint density at radius 3 is 2.46 bits per heavy atom. The second kappa shape index (κ2) is 10.5. The quantitative estimate of drug-likeness (QED) is 0.687. The van der Waals surface area contributed by atoms with Crippen LogP contribution in [0.15, 0.2) is 24.3 Å². The number of carbonyl (C=O) groups excluding carboxylic acids is 2. The fourth-order valence-corrected chi connectivity index (χ4v) is 4.10. The van der Waals surface area contributed by atoms with Crippen molar-refractivity contribution in [2.24, 2.45) is 0 Å². The summed E-state index contributed by atoms with van der Waals surface area (Å²) in [7, 11) is 0. The second-order valence-electron chi connectivity index (χ2n) is 9.61. The van der Waals surface area contributed by atoms with Gasteiger partial charge in [0.2, 0.25) is 0 Å². The van der Waals surface area contributed by atoms with Gasteiger partial charge in [-0.3, -0.25) is 0 Å². The molecule has 188 valence electrons. The van der Waals surface area contributed by atoms with Crippen LogP contribution in [0.4, 0.5) is 21.1 Å². The first-order valence-electron chi connectivity index (χ1n) is 12.1. The molecule has 35 heavy (non-hydrogen) atoms. The van der Waals surface area contributed by atoms with E-state index in [1.54, 1.807) is 4.90 Å². The number of hydrogen-bond acceptors (Lipinski definition) is 7. The number of rotatable bonds is 4. The van der Waals surface area contributed by atoms with Gasteiger partial charge in [-0.15, -0.1) is 0 Å². The Hall–Kier alpha value is -3.40. The molecule has 0 atom stereocenters. The van der Waals surface area contributed by atoms with E-state index >= 15 is 0 Å². The molecule has 1 aromatic heterocycles. The van der Waals surface area contributed by atoms with Crippen LogP contribution in [0.1, 0.15) is 39.0 Å². The van der Waals surface area contributed by atoms with Crippen LogP contribution in [0.5, 0.6) is 0 Å². The van der Waals surface area contributed by atoms with E-state index in [-0.39, 0.29) is 12.1 Å². The lowest BCUT2D eigenvalue weighted by Gasteiger charge is -2.34. The first kappa shape index (κ1) is 24.7. The van der Waals surface area contributed by atoms with Gasteiger partial charge in [0.15, 0.2) is 5.82 Å². The number of anilines is 2. The Morgan fingerprint density at radius 1 is 1.09 bits per heavy atom. The molecule has 1 saturated heterocycles. The second-order valence-corrected chi connectivity index (χ2v) is 9.61. The number of hydrogen-bond donors (Lipinski definition) is 2. The monoisotopic (exact) mass is 482 g/mol. The van der Waals surface area contributed by atoms with Crippen LogP contribution in [-0.4, -0.2) is 72.0 Å². The van der Waals surface area contributed by atoms with Crippen LogP contribution < -0.4 is 15.5 Å². The molecule has 0 saturated carbocycles. The summed E-state index contributed by atoms with van der Waals surface area (Å²) in [5.41, 5.74) is 2.86. The van der Waals surface area contributed by atoms with E-state index in [9.17, 15) is 9.59 Å². The first-order valence-corrected chi connectivity index (χ1v) is 12.1. The third-order valence-corrected chi connectivity index (χ3v) is 5.74. The van der Waals surface area contributed by atoms with Crippen LogP contribution in [0, 0.1) is 0 Å². The molecule has 4 rings (SSSR count). The summed E-state index contributed by atoms with van der Waals surface area (Å²) >= 11 is 0. The number of urea groups is 1. The van der Waals surface area contributed by atoms with Gasteiger partial charge in [0, 0.05) is 43.0 Å². The topological polar surface area (TPSA) is 109 Å². The minimum atomic E-state index is -0.559. The molecule has 2 aliphatic heterocycles. The number of nitrogens with one attached hydrogen (secondary N) is 2. The molecule has 0 bridgehead atoms. The molecule has 0 unspecified atom stereocenters. The Bertz CT molecular complexity index is 1060. The van der Waals surface area contributed by atoms with Crippen molar-refractivity contribution >= 4 is 23.6 Å². The molecular weight excluding hydrogens is 448 g/mol. The van der Waals surface area contributed by atoms with Crippen molar-refractivity contribution in [2.75, 3.05) is 49.6 Å². The van der Waals surface area contributed by atoms with E-state index in [0.29, 0.717) is 50.8 Å². The van der Waals surface area contributed by atoms with Crippen molar-refractivity contribution < 1.29 is 19.1 Å². The average Bonchev–Trinajstić information content (AvgIpc) is 2.83. The minimum absolute atomic E-state index is 0.248. The van der Waals surface area contributed by atoms with Gasteiger partial charge < -0.3 is 29.9 Å². The summed E-state index contributed by atoms with van der Waals surface area (Å²) in [5.74, 6) is 1.49. The number of ether oxygens (including phenoxy) is 2. The van der Waals surface area contributed by atoms with Crippen LogP contribution in [0.3, 0.4) is 0 Å². The molecule has 0 radical (unpaired) electrons. The summed E-state index contributed by atoms with van der Waals surface area (Å²) in [6.45, 7) is 11.8. The van der Waals surface area contributed by atoms with Crippen LogP contribution in [0.2, 0.25) is 0 Å².